The lowest BCUT2D eigenvalue weighted by atomic mass is 10.3. The van der Waals surface area contributed by atoms with Gasteiger partial charge in [-0.1, -0.05) is 12.2 Å². The van der Waals surface area contributed by atoms with E-state index < -0.39 is 0 Å². The molecule has 0 saturated heterocycles. The zero-order chi connectivity index (χ0) is 11.3. The minimum Gasteiger partial charge on any atom is -0.348 e. The molecule has 0 radical (unpaired) electrons. The van der Waals surface area contributed by atoms with Crippen molar-refractivity contribution in [3.63, 3.8) is 0 Å². The van der Waals surface area contributed by atoms with Crippen molar-refractivity contribution in [2.24, 2.45) is 0 Å². The number of halogens is 1. The smallest absolute Gasteiger partial charge is 0.143 e. The van der Waals surface area contributed by atoms with Gasteiger partial charge in [-0.3, -0.25) is 0 Å². The van der Waals surface area contributed by atoms with Gasteiger partial charge in [0.1, 0.15) is 5.82 Å². The van der Waals surface area contributed by atoms with Crippen LogP contribution in [0.4, 0.5) is 5.82 Å². The number of nitrogens with zero attached hydrogens (tertiary/aromatic N) is 2. The number of aromatic nitrogens is 1. The van der Waals surface area contributed by atoms with Gasteiger partial charge in [-0.05, 0) is 34.5 Å². The second-order valence-corrected chi connectivity index (χ2v) is 4.15. The van der Waals surface area contributed by atoms with E-state index in [2.05, 4.69) is 45.0 Å². The molecular formula is C12H15BrN2. The first-order chi connectivity index (χ1) is 7.19. The summed E-state index contributed by atoms with van der Waals surface area (Å²) in [6.45, 7) is 11.0. The van der Waals surface area contributed by atoms with E-state index in [9.17, 15) is 0 Å². The zero-order valence-corrected chi connectivity index (χ0v) is 10.5. The third kappa shape index (κ3) is 3.20. The van der Waals surface area contributed by atoms with Gasteiger partial charge in [0.2, 0.25) is 0 Å². The molecular weight excluding hydrogens is 252 g/mol. The SMILES string of the molecule is C=CCN(CC=C)c1ncc(C)cc1Br. The average Bonchev–Trinajstić information content (AvgIpc) is 2.17. The van der Waals surface area contributed by atoms with Crippen LogP contribution in [0.25, 0.3) is 0 Å². The maximum Gasteiger partial charge on any atom is 0.143 e. The Kier molecular flexibility index (Phi) is 4.56. The topological polar surface area (TPSA) is 16.1 Å². The summed E-state index contributed by atoms with van der Waals surface area (Å²) < 4.78 is 1.01. The molecule has 0 fully saturated rings. The Hall–Kier alpha value is -1.09. The molecule has 0 aromatic carbocycles. The summed E-state index contributed by atoms with van der Waals surface area (Å²) in [5.41, 5.74) is 1.14. The average molecular weight is 267 g/mol. The van der Waals surface area contributed by atoms with Crippen LogP contribution >= 0.6 is 15.9 Å². The maximum absolute atomic E-state index is 4.40. The van der Waals surface area contributed by atoms with Crippen molar-refractivity contribution in [2.45, 2.75) is 6.92 Å². The highest BCUT2D eigenvalue weighted by molar-refractivity contribution is 9.10. The third-order valence-electron chi connectivity index (χ3n) is 1.96. The Labute approximate surface area is 99.5 Å². The Balaban J connectivity index is 2.98. The largest absolute Gasteiger partial charge is 0.348 e. The van der Waals surface area contributed by atoms with Gasteiger partial charge in [0.05, 0.1) is 4.47 Å². The summed E-state index contributed by atoms with van der Waals surface area (Å²) in [6, 6.07) is 2.06. The number of rotatable bonds is 5. The van der Waals surface area contributed by atoms with Crippen molar-refractivity contribution in [3.8, 4) is 0 Å². The Morgan fingerprint density at radius 1 is 1.40 bits per heavy atom. The quantitative estimate of drug-likeness (QED) is 0.761. The molecule has 0 aliphatic heterocycles. The monoisotopic (exact) mass is 266 g/mol. The van der Waals surface area contributed by atoms with E-state index in [-0.39, 0.29) is 0 Å². The molecule has 0 amide bonds. The minimum atomic E-state index is 0.765. The van der Waals surface area contributed by atoms with Crippen molar-refractivity contribution in [2.75, 3.05) is 18.0 Å². The highest BCUT2D eigenvalue weighted by Gasteiger charge is 2.08. The lowest BCUT2D eigenvalue weighted by molar-refractivity contribution is 0.919. The summed E-state index contributed by atoms with van der Waals surface area (Å²) in [4.78, 5) is 6.50. The Bertz CT molecular complexity index is 351. The molecule has 0 spiro atoms. The van der Waals surface area contributed by atoms with Gasteiger partial charge in [-0.2, -0.15) is 0 Å². The molecule has 0 aliphatic rings. The number of anilines is 1. The van der Waals surface area contributed by atoms with Crippen LogP contribution in [0.15, 0.2) is 42.0 Å². The Morgan fingerprint density at radius 2 is 2.00 bits per heavy atom. The molecule has 1 heterocycles. The summed E-state index contributed by atoms with van der Waals surface area (Å²) in [6.07, 6.45) is 5.58. The first-order valence-electron chi connectivity index (χ1n) is 4.78. The lowest BCUT2D eigenvalue weighted by Gasteiger charge is -2.21. The number of hydrogen-bond donors (Lipinski definition) is 0. The highest BCUT2D eigenvalue weighted by Crippen LogP contribution is 2.24. The van der Waals surface area contributed by atoms with E-state index in [1.807, 2.05) is 25.3 Å². The molecule has 0 atom stereocenters. The van der Waals surface area contributed by atoms with Crippen molar-refractivity contribution in [3.05, 3.63) is 47.6 Å². The predicted octanol–water partition coefficient (Wildman–Crippen LogP) is 3.33. The number of pyridine rings is 1. The van der Waals surface area contributed by atoms with Gasteiger partial charge in [-0.15, -0.1) is 13.2 Å². The highest BCUT2D eigenvalue weighted by atomic mass is 79.9. The van der Waals surface area contributed by atoms with Crippen LogP contribution in [-0.2, 0) is 0 Å². The fourth-order valence-electron chi connectivity index (χ4n) is 1.32. The van der Waals surface area contributed by atoms with Gasteiger partial charge in [0.25, 0.3) is 0 Å². The first kappa shape index (κ1) is 12.0. The second-order valence-electron chi connectivity index (χ2n) is 3.30. The second kappa shape index (κ2) is 5.71. The predicted molar refractivity (Wildman–Crippen MR) is 69.3 cm³/mol. The van der Waals surface area contributed by atoms with Crippen LogP contribution in [0.1, 0.15) is 5.56 Å². The number of hydrogen-bond acceptors (Lipinski definition) is 2. The maximum atomic E-state index is 4.40. The number of aryl methyl sites for hydroxylation is 1. The van der Waals surface area contributed by atoms with E-state index in [0.717, 1.165) is 28.9 Å². The van der Waals surface area contributed by atoms with Crippen LogP contribution in [-0.4, -0.2) is 18.1 Å². The molecule has 0 unspecified atom stereocenters. The van der Waals surface area contributed by atoms with Crippen LogP contribution in [0.5, 0.6) is 0 Å². The molecule has 0 bridgehead atoms. The van der Waals surface area contributed by atoms with Crippen LogP contribution in [0.2, 0.25) is 0 Å². The molecule has 2 nitrogen and oxygen atoms in total. The van der Waals surface area contributed by atoms with Gasteiger partial charge >= 0.3 is 0 Å². The van der Waals surface area contributed by atoms with Crippen LogP contribution < -0.4 is 4.90 Å². The molecule has 0 aliphatic carbocycles. The molecule has 3 heteroatoms. The molecule has 80 valence electrons. The van der Waals surface area contributed by atoms with Crippen molar-refractivity contribution < 1.29 is 0 Å². The molecule has 1 aromatic rings. The van der Waals surface area contributed by atoms with Crippen molar-refractivity contribution in [1.29, 1.82) is 0 Å². The van der Waals surface area contributed by atoms with Gasteiger partial charge < -0.3 is 4.90 Å². The van der Waals surface area contributed by atoms with E-state index >= 15 is 0 Å². The summed E-state index contributed by atoms with van der Waals surface area (Å²) in [5, 5.41) is 0. The standard InChI is InChI=1S/C12H15BrN2/c1-4-6-15(7-5-2)12-11(13)8-10(3)9-14-12/h4-5,8-9H,1-2,6-7H2,3H3. The fraction of sp³-hybridized carbons (Fsp3) is 0.250. The molecule has 0 N–H and O–H groups in total. The van der Waals surface area contributed by atoms with Crippen LogP contribution in [0.3, 0.4) is 0 Å². The molecule has 0 saturated carbocycles. The van der Waals surface area contributed by atoms with Crippen molar-refractivity contribution in [1.82, 2.24) is 4.98 Å². The van der Waals surface area contributed by atoms with Crippen molar-refractivity contribution >= 4 is 21.7 Å². The Morgan fingerprint density at radius 3 is 2.47 bits per heavy atom. The van der Waals surface area contributed by atoms with Gasteiger partial charge in [0.15, 0.2) is 0 Å². The fourth-order valence-corrected chi connectivity index (χ4v) is 2.03. The van der Waals surface area contributed by atoms with Crippen LogP contribution in [0, 0.1) is 6.92 Å². The third-order valence-corrected chi connectivity index (χ3v) is 2.54. The normalized spacial score (nSPS) is 9.73. The minimum absolute atomic E-state index is 0.765. The van der Waals surface area contributed by atoms with Gasteiger partial charge in [-0.25, -0.2) is 4.98 Å². The summed E-state index contributed by atoms with van der Waals surface area (Å²) in [7, 11) is 0. The lowest BCUT2D eigenvalue weighted by Crippen LogP contribution is -2.24. The van der Waals surface area contributed by atoms with E-state index in [1.54, 1.807) is 0 Å². The molecule has 15 heavy (non-hydrogen) atoms. The first-order valence-corrected chi connectivity index (χ1v) is 5.57. The molecule has 1 aromatic heterocycles. The zero-order valence-electron chi connectivity index (χ0n) is 8.91. The summed E-state index contributed by atoms with van der Waals surface area (Å²) in [5.74, 6) is 0.931. The summed E-state index contributed by atoms with van der Waals surface area (Å²) >= 11 is 3.51. The molecule has 1 rings (SSSR count). The van der Waals surface area contributed by atoms with E-state index in [4.69, 9.17) is 0 Å². The van der Waals surface area contributed by atoms with E-state index in [0.29, 0.717) is 0 Å². The van der Waals surface area contributed by atoms with E-state index in [1.165, 1.54) is 0 Å². The van der Waals surface area contributed by atoms with Gasteiger partial charge in [0, 0.05) is 19.3 Å².